The fraction of sp³-hybridized carbons (Fsp3) is 0.524. The Hall–Kier alpha value is -2.09. The standard InChI is InChI=1S/C21H27ClN4O3/c22-16-4-3-5-18(12-16)28-10-6-17-13-19(24-23-17)20-14-26(9-11-29-20)21(27)15-25-7-1-2-8-25/h3-5,12-13,20H,1-2,6-11,14-15H2,(H,23,24)/t20-/m1/s1. The lowest BCUT2D eigenvalue weighted by Crippen LogP contribution is -2.46. The van der Waals surface area contributed by atoms with Crippen LogP contribution in [-0.2, 0) is 16.0 Å². The molecule has 2 fully saturated rings. The third-order valence-electron chi connectivity index (χ3n) is 5.39. The molecule has 3 heterocycles. The minimum atomic E-state index is -0.190. The van der Waals surface area contributed by atoms with Gasteiger partial charge in [0.05, 0.1) is 32.0 Å². The fourth-order valence-electron chi connectivity index (χ4n) is 3.79. The highest BCUT2D eigenvalue weighted by molar-refractivity contribution is 6.30. The Morgan fingerprint density at radius 1 is 1.28 bits per heavy atom. The van der Waals surface area contributed by atoms with Gasteiger partial charge in [0.15, 0.2) is 0 Å². The van der Waals surface area contributed by atoms with E-state index in [9.17, 15) is 4.79 Å². The number of hydrogen-bond acceptors (Lipinski definition) is 5. The number of nitrogens with one attached hydrogen (secondary N) is 1. The molecule has 2 saturated heterocycles. The molecule has 156 valence electrons. The number of amides is 1. The minimum absolute atomic E-state index is 0.186. The number of carbonyl (C=O) groups is 1. The molecule has 0 aliphatic carbocycles. The zero-order chi connectivity index (χ0) is 20.1. The first-order chi connectivity index (χ1) is 14.2. The molecule has 2 aromatic rings. The van der Waals surface area contributed by atoms with Crippen LogP contribution >= 0.6 is 11.6 Å². The minimum Gasteiger partial charge on any atom is -0.493 e. The summed E-state index contributed by atoms with van der Waals surface area (Å²) in [6.07, 6.45) is 2.89. The Morgan fingerprint density at radius 2 is 2.14 bits per heavy atom. The van der Waals surface area contributed by atoms with E-state index in [1.807, 2.05) is 29.2 Å². The second-order valence-corrected chi connectivity index (χ2v) is 7.99. The molecule has 0 spiro atoms. The molecule has 2 aliphatic heterocycles. The van der Waals surface area contributed by atoms with Crippen LogP contribution in [0.1, 0.15) is 30.3 Å². The highest BCUT2D eigenvalue weighted by Crippen LogP contribution is 2.22. The smallest absolute Gasteiger partial charge is 0.236 e. The van der Waals surface area contributed by atoms with Crippen LogP contribution in [0.25, 0.3) is 0 Å². The summed E-state index contributed by atoms with van der Waals surface area (Å²) in [7, 11) is 0. The topological polar surface area (TPSA) is 70.7 Å². The molecular formula is C21H27ClN4O3. The molecule has 0 saturated carbocycles. The number of aromatic amines is 1. The molecule has 1 aromatic heterocycles. The third-order valence-corrected chi connectivity index (χ3v) is 5.63. The van der Waals surface area contributed by atoms with Crippen molar-refractivity contribution < 1.29 is 14.3 Å². The van der Waals surface area contributed by atoms with Crippen molar-refractivity contribution in [2.24, 2.45) is 0 Å². The van der Waals surface area contributed by atoms with Crippen molar-refractivity contribution in [2.45, 2.75) is 25.4 Å². The number of carbonyl (C=O) groups excluding carboxylic acids is 1. The summed E-state index contributed by atoms with van der Waals surface area (Å²) in [5, 5.41) is 8.11. The fourth-order valence-corrected chi connectivity index (χ4v) is 3.98. The number of morpholine rings is 1. The van der Waals surface area contributed by atoms with E-state index in [0.717, 1.165) is 30.2 Å². The summed E-state index contributed by atoms with van der Waals surface area (Å²) in [6.45, 7) is 4.83. The molecule has 0 radical (unpaired) electrons. The summed E-state index contributed by atoms with van der Waals surface area (Å²) < 4.78 is 11.6. The molecule has 8 heteroatoms. The zero-order valence-corrected chi connectivity index (χ0v) is 17.2. The summed E-state index contributed by atoms with van der Waals surface area (Å²) in [5.41, 5.74) is 1.81. The number of likely N-dealkylation sites (tertiary alicyclic amines) is 1. The Balaban J connectivity index is 1.27. The van der Waals surface area contributed by atoms with Crippen LogP contribution < -0.4 is 4.74 Å². The molecule has 1 aromatic carbocycles. The number of H-pyrrole nitrogens is 1. The van der Waals surface area contributed by atoms with Crippen molar-refractivity contribution in [3.05, 3.63) is 46.7 Å². The maximum atomic E-state index is 12.6. The molecule has 1 N–H and O–H groups in total. The van der Waals surface area contributed by atoms with Crippen molar-refractivity contribution in [1.82, 2.24) is 20.0 Å². The van der Waals surface area contributed by atoms with Gasteiger partial charge in [0.1, 0.15) is 11.9 Å². The van der Waals surface area contributed by atoms with Crippen LogP contribution in [0, 0.1) is 0 Å². The molecule has 7 nitrogen and oxygen atoms in total. The number of nitrogens with zero attached hydrogens (tertiary/aromatic N) is 3. The number of aromatic nitrogens is 2. The van der Waals surface area contributed by atoms with Crippen molar-refractivity contribution in [1.29, 1.82) is 0 Å². The second-order valence-electron chi connectivity index (χ2n) is 7.56. The third kappa shape index (κ3) is 5.50. The first-order valence-electron chi connectivity index (χ1n) is 10.2. The van der Waals surface area contributed by atoms with Gasteiger partial charge >= 0.3 is 0 Å². The molecule has 29 heavy (non-hydrogen) atoms. The molecule has 1 atom stereocenters. The van der Waals surface area contributed by atoms with Gasteiger partial charge in [0.2, 0.25) is 5.91 Å². The van der Waals surface area contributed by atoms with Crippen molar-refractivity contribution in [3.63, 3.8) is 0 Å². The summed E-state index contributed by atoms with van der Waals surface area (Å²) >= 11 is 5.97. The predicted molar refractivity (Wildman–Crippen MR) is 110 cm³/mol. The Morgan fingerprint density at radius 3 is 2.97 bits per heavy atom. The van der Waals surface area contributed by atoms with Crippen LogP contribution in [0.5, 0.6) is 5.75 Å². The summed E-state index contributed by atoms with van der Waals surface area (Å²) in [5.74, 6) is 0.936. The zero-order valence-electron chi connectivity index (χ0n) is 16.5. The van der Waals surface area contributed by atoms with Gasteiger partial charge in [-0.05, 0) is 50.2 Å². The van der Waals surface area contributed by atoms with Gasteiger partial charge in [0, 0.05) is 23.7 Å². The Labute approximate surface area is 175 Å². The van der Waals surface area contributed by atoms with Gasteiger partial charge in [-0.3, -0.25) is 14.8 Å². The van der Waals surface area contributed by atoms with E-state index in [1.165, 1.54) is 12.8 Å². The van der Waals surface area contributed by atoms with Gasteiger partial charge in [0.25, 0.3) is 0 Å². The van der Waals surface area contributed by atoms with Crippen molar-refractivity contribution in [2.75, 3.05) is 45.9 Å². The van der Waals surface area contributed by atoms with E-state index in [1.54, 1.807) is 6.07 Å². The van der Waals surface area contributed by atoms with E-state index >= 15 is 0 Å². The van der Waals surface area contributed by atoms with Gasteiger partial charge in [-0.2, -0.15) is 5.10 Å². The van der Waals surface area contributed by atoms with Crippen molar-refractivity contribution >= 4 is 17.5 Å². The van der Waals surface area contributed by atoms with Gasteiger partial charge in [-0.15, -0.1) is 0 Å². The van der Waals surface area contributed by atoms with E-state index in [0.29, 0.717) is 44.3 Å². The number of rotatable bonds is 7. The summed E-state index contributed by atoms with van der Waals surface area (Å²) in [6, 6.07) is 9.36. The second kappa shape index (κ2) is 9.61. The number of ether oxygens (including phenoxy) is 2. The molecule has 0 unspecified atom stereocenters. The first kappa shape index (κ1) is 20.2. The van der Waals surface area contributed by atoms with Crippen molar-refractivity contribution in [3.8, 4) is 5.75 Å². The molecular weight excluding hydrogens is 392 g/mol. The van der Waals surface area contributed by atoms with Gasteiger partial charge < -0.3 is 14.4 Å². The quantitative estimate of drug-likeness (QED) is 0.748. The molecule has 0 bridgehead atoms. The average molecular weight is 419 g/mol. The first-order valence-corrected chi connectivity index (χ1v) is 10.6. The monoisotopic (exact) mass is 418 g/mol. The lowest BCUT2D eigenvalue weighted by molar-refractivity contribution is -0.140. The largest absolute Gasteiger partial charge is 0.493 e. The lowest BCUT2D eigenvalue weighted by Gasteiger charge is -2.33. The van der Waals surface area contributed by atoms with E-state index in [-0.39, 0.29) is 12.0 Å². The maximum absolute atomic E-state index is 12.6. The highest BCUT2D eigenvalue weighted by atomic mass is 35.5. The van der Waals surface area contributed by atoms with Crippen LogP contribution in [-0.4, -0.2) is 71.8 Å². The highest BCUT2D eigenvalue weighted by Gasteiger charge is 2.28. The number of benzene rings is 1. The SMILES string of the molecule is O=C(CN1CCCC1)N1CCO[C@@H](c2cc(CCOc3cccc(Cl)c3)[nH]n2)C1. The maximum Gasteiger partial charge on any atom is 0.236 e. The van der Waals surface area contributed by atoms with Gasteiger partial charge in [-0.25, -0.2) is 0 Å². The van der Waals surface area contributed by atoms with Gasteiger partial charge in [-0.1, -0.05) is 17.7 Å². The molecule has 1 amide bonds. The van der Waals surface area contributed by atoms with Crippen LogP contribution in [0.15, 0.2) is 30.3 Å². The Kier molecular flexibility index (Phi) is 6.69. The normalized spacial score (nSPS) is 20.2. The molecule has 2 aliphatic rings. The molecule has 4 rings (SSSR count). The summed E-state index contributed by atoms with van der Waals surface area (Å²) in [4.78, 5) is 16.8. The van der Waals surface area contributed by atoms with Crippen LogP contribution in [0.2, 0.25) is 5.02 Å². The van der Waals surface area contributed by atoms with Crippen LogP contribution in [0.3, 0.4) is 0 Å². The van der Waals surface area contributed by atoms with E-state index < -0.39 is 0 Å². The average Bonchev–Trinajstić information content (AvgIpc) is 3.40. The van der Waals surface area contributed by atoms with E-state index in [4.69, 9.17) is 21.1 Å². The Bertz CT molecular complexity index is 822. The van der Waals surface area contributed by atoms with Crippen LogP contribution in [0.4, 0.5) is 0 Å². The lowest BCUT2D eigenvalue weighted by atomic mass is 10.2. The number of halogens is 1. The number of hydrogen-bond donors (Lipinski definition) is 1. The van der Waals surface area contributed by atoms with E-state index in [2.05, 4.69) is 15.1 Å². The predicted octanol–water partition coefficient (Wildman–Crippen LogP) is 2.68.